The van der Waals surface area contributed by atoms with E-state index in [1.54, 1.807) is 24.4 Å². The van der Waals surface area contributed by atoms with Crippen LogP contribution in [0.5, 0.6) is 5.75 Å². The van der Waals surface area contributed by atoms with Crippen molar-refractivity contribution in [2.24, 2.45) is 0 Å². The highest BCUT2D eigenvalue weighted by molar-refractivity contribution is 7.99. The number of pyridine rings is 1. The standard InChI is InChI=1S/C24H22N4O3S/c1-17-11-12-25-21(15-17)28-23(30)19-9-5-6-10-20(19)27-24(28)32-16-22(29)26-13-14-31-18-7-3-2-4-8-18/h2-12,15H,13-14,16H2,1H3,(H,26,29). The fourth-order valence-electron chi connectivity index (χ4n) is 3.11. The lowest BCUT2D eigenvalue weighted by Gasteiger charge is -2.13. The van der Waals surface area contributed by atoms with E-state index in [9.17, 15) is 9.59 Å². The first-order valence-corrected chi connectivity index (χ1v) is 11.1. The maximum absolute atomic E-state index is 13.2. The fourth-order valence-corrected chi connectivity index (χ4v) is 3.94. The minimum atomic E-state index is -0.215. The van der Waals surface area contributed by atoms with Crippen molar-refractivity contribution >= 4 is 28.6 Å². The number of fused-ring (bicyclic) bond motifs is 1. The van der Waals surface area contributed by atoms with Crippen LogP contribution < -0.4 is 15.6 Å². The van der Waals surface area contributed by atoms with Crippen molar-refractivity contribution < 1.29 is 9.53 Å². The van der Waals surface area contributed by atoms with E-state index in [1.807, 2.05) is 55.5 Å². The van der Waals surface area contributed by atoms with Gasteiger partial charge < -0.3 is 10.1 Å². The Labute approximate surface area is 189 Å². The summed E-state index contributed by atoms with van der Waals surface area (Å²) in [6, 6.07) is 20.3. The molecule has 2 aromatic heterocycles. The number of para-hydroxylation sites is 2. The molecule has 4 aromatic rings. The van der Waals surface area contributed by atoms with E-state index >= 15 is 0 Å². The van der Waals surface area contributed by atoms with Gasteiger partial charge in [-0.2, -0.15) is 0 Å². The number of nitrogens with zero attached hydrogens (tertiary/aromatic N) is 3. The van der Waals surface area contributed by atoms with Crippen LogP contribution in [0.15, 0.2) is 82.9 Å². The molecule has 162 valence electrons. The largest absolute Gasteiger partial charge is 0.492 e. The normalized spacial score (nSPS) is 10.8. The molecule has 2 heterocycles. The number of carbonyl (C=O) groups excluding carboxylic acids is 1. The number of hydrogen-bond donors (Lipinski definition) is 1. The molecule has 1 N–H and O–H groups in total. The Morgan fingerprint density at radius 2 is 1.88 bits per heavy atom. The molecule has 0 saturated carbocycles. The molecule has 0 unspecified atom stereocenters. The van der Waals surface area contributed by atoms with Crippen LogP contribution >= 0.6 is 11.8 Å². The minimum Gasteiger partial charge on any atom is -0.492 e. The van der Waals surface area contributed by atoms with Gasteiger partial charge in [-0.3, -0.25) is 9.59 Å². The molecule has 0 aliphatic heterocycles. The number of aryl methyl sites for hydroxylation is 1. The summed E-state index contributed by atoms with van der Waals surface area (Å²) in [5.74, 6) is 1.18. The monoisotopic (exact) mass is 446 g/mol. The van der Waals surface area contributed by atoms with E-state index in [-0.39, 0.29) is 17.2 Å². The zero-order valence-electron chi connectivity index (χ0n) is 17.5. The third kappa shape index (κ3) is 5.15. The molecule has 0 radical (unpaired) electrons. The summed E-state index contributed by atoms with van der Waals surface area (Å²) in [7, 11) is 0. The van der Waals surface area contributed by atoms with E-state index in [4.69, 9.17) is 4.74 Å². The van der Waals surface area contributed by atoms with Crippen LogP contribution in [0.1, 0.15) is 5.56 Å². The van der Waals surface area contributed by atoms with Gasteiger partial charge in [0.25, 0.3) is 5.56 Å². The topological polar surface area (TPSA) is 86.1 Å². The molecule has 7 nitrogen and oxygen atoms in total. The Morgan fingerprint density at radius 1 is 1.09 bits per heavy atom. The fraction of sp³-hybridized carbons (Fsp3) is 0.167. The molecule has 4 rings (SSSR count). The highest BCUT2D eigenvalue weighted by Gasteiger charge is 2.15. The quantitative estimate of drug-likeness (QED) is 0.254. The Balaban J connectivity index is 1.47. The second-order valence-electron chi connectivity index (χ2n) is 7.04. The molecule has 32 heavy (non-hydrogen) atoms. The molecule has 0 atom stereocenters. The van der Waals surface area contributed by atoms with Gasteiger partial charge in [-0.25, -0.2) is 14.5 Å². The van der Waals surface area contributed by atoms with Crippen molar-refractivity contribution in [3.63, 3.8) is 0 Å². The van der Waals surface area contributed by atoms with E-state index in [1.165, 1.54) is 16.3 Å². The smallest absolute Gasteiger partial charge is 0.267 e. The van der Waals surface area contributed by atoms with Crippen LogP contribution in [0.25, 0.3) is 16.7 Å². The van der Waals surface area contributed by atoms with Crippen LogP contribution in [0, 0.1) is 6.92 Å². The van der Waals surface area contributed by atoms with Gasteiger partial charge in [0.05, 0.1) is 23.2 Å². The maximum Gasteiger partial charge on any atom is 0.267 e. The number of nitrogens with one attached hydrogen (secondary N) is 1. The van der Waals surface area contributed by atoms with Gasteiger partial charge in [0.15, 0.2) is 5.16 Å². The van der Waals surface area contributed by atoms with Crippen molar-refractivity contribution in [1.29, 1.82) is 0 Å². The molecular weight excluding hydrogens is 424 g/mol. The molecule has 0 aliphatic rings. The van der Waals surface area contributed by atoms with Crippen LogP contribution in [-0.2, 0) is 4.79 Å². The first-order chi connectivity index (χ1) is 15.6. The number of amides is 1. The SMILES string of the molecule is Cc1ccnc(-n2c(SCC(=O)NCCOc3ccccc3)nc3ccccc3c2=O)c1. The number of benzene rings is 2. The number of hydrogen-bond acceptors (Lipinski definition) is 6. The van der Waals surface area contributed by atoms with Crippen molar-refractivity contribution in [3.8, 4) is 11.6 Å². The average Bonchev–Trinajstić information content (AvgIpc) is 2.81. The number of carbonyl (C=O) groups is 1. The summed E-state index contributed by atoms with van der Waals surface area (Å²) in [6.45, 7) is 2.68. The lowest BCUT2D eigenvalue weighted by Crippen LogP contribution is -2.30. The number of ether oxygens (including phenoxy) is 1. The van der Waals surface area contributed by atoms with Crippen LogP contribution in [0.2, 0.25) is 0 Å². The van der Waals surface area contributed by atoms with E-state index in [2.05, 4.69) is 15.3 Å². The molecular formula is C24H22N4O3S. The van der Waals surface area contributed by atoms with Gasteiger partial charge in [-0.1, -0.05) is 42.1 Å². The van der Waals surface area contributed by atoms with Gasteiger partial charge in [-0.15, -0.1) is 0 Å². The van der Waals surface area contributed by atoms with Crippen LogP contribution in [0.3, 0.4) is 0 Å². The van der Waals surface area contributed by atoms with Gasteiger partial charge in [0, 0.05) is 6.20 Å². The lowest BCUT2D eigenvalue weighted by atomic mass is 10.2. The molecule has 0 fully saturated rings. The molecule has 0 bridgehead atoms. The number of rotatable bonds is 8. The Morgan fingerprint density at radius 3 is 2.69 bits per heavy atom. The zero-order valence-corrected chi connectivity index (χ0v) is 18.3. The van der Waals surface area contributed by atoms with Gasteiger partial charge in [0.2, 0.25) is 5.91 Å². The highest BCUT2D eigenvalue weighted by Crippen LogP contribution is 2.20. The zero-order chi connectivity index (χ0) is 22.3. The summed E-state index contributed by atoms with van der Waals surface area (Å²) >= 11 is 1.20. The van der Waals surface area contributed by atoms with Crippen molar-refractivity contribution in [3.05, 3.63) is 88.8 Å². The predicted molar refractivity (Wildman–Crippen MR) is 126 cm³/mol. The molecule has 1 amide bonds. The summed E-state index contributed by atoms with van der Waals surface area (Å²) in [5, 5.41) is 3.75. The third-order valence-corrected chi connectivity index (χ3v) is 5.58. The van der Waals surface area contributed by atoms with E-state index in [0.29, 0.717) is 35.0 Å². The molecule has 0 spiro atoms. The van der Waals surface area contributed by atoms with Crippen molar-refractivity contribution in [1.82, 2.24) is 19.9 Å². The number of aromatic nitrogens is 3. The summed E-state index contributed by atoms with van der Waals surface area (Å²) in [5.41, 5.74) is 1.34. The first kappa shape index (κ1) is 21.6. The second kappa shape index (κ2) is 10.1. The van der Waals surface area contributed by atoms with E-state index < -0.39 is 0 Å². The maximum atomic E-state index is 13.2. The molecule has 2 aromatic carbocycles. The molecule has 8 heteroatoms. The van der Waals surface area contributed by atoms with Crippen LogP contribution in [0.4, 0.5) is 0 Å². The Hall–Kier alpha value is -3.65. The highest BCUT2D eigenvalue weighted by atomic mass is 32.2. The van der Waals surface area contributed by atoms with Gasteiger partial charge in [0.1, 0.15) is 18.2 Å². The molecule has 0 aliphatic carbocycles. The van der Waals surface area contributed by atoms with Crippen LogP contribution in [-0.4, -0.2) is 39.3 Å². The predicted octanol–water partition coefficient (Wildman–Crippen LogP) is 3.38. The summed E-state index contributed by atoms with van der Waals surface area (Å²) < 4.78 is 7.05. The summed E-state index contributed by atoms with van der Waals surface area (Å²) in [4.78, 5) is 34.5. The van der Waals surface area contributed by atoms with Gasteiger partial charge >= 0.3 is 0 Å². The lowest BCUT2D eigenvalue weighted by molar-refractivity contribution is -0.118. The molecule has 0 saturated heterocycles. The van der Waals surface area contributed by atoms with Crippen molar-refractivity contribution in [2.45, 2.75) is 12.1 Å². The third-order valence-electron chi connectivity index (χ3n) is 4.64. The first-order valence-electron chi connectivity index (χ1n) is 10.1. The average molecular weight is 447 g/mol. The Kier molecular flexibility index (Phi) is 6.81. The summed E-state index contributed by atoms with van der Waals surface area (Å²) in [6.07, 6.45) is 1.65. The Bertz CT molecular complexity index is 1290. The van der Waals surface area contributed by atoms with E-state index in [0.717, 1.165) is 11.3 Å². The van der Waals surface area contributed by atoms with Gasteiger partial charge in [-0.05, 0) is 48.9 Å². The minimum absolute atomic E-state index is 0.113. The second-order valence-corrected chi connectivity index (χ2v) is 7.99. The number of thioether (sulfide) groups is 1. The van der Waals surface area contributed by atoms with Crippen molar-refractivity contribution in [2.75, 3.05) is 18.9 Å².